The van der Waals surface area contributed by atoms with Crippen LogP contribution in [0.25, 0.3) is 0 Å². The van der Waals surface area contributed by atoms with Crippen LogP contribution in [0.1, 0.15) is 38.5 Å². The number of carbonyl (C=O) groups excluding carboxylic acids is 2. The van der Waals surface area contributed by atoms with E-state index in [1.807, 2.05) is 0 Å². The number of carbonyl (C=O) groups is 2. The smallest absolute Gasteiger partial charge is 0.241 e. The van der Waals surface area contributed by atoms with Gasteiger partial charge >= 0.3 is 0 Å². The van der Waals surface area contributed by atoms with Crippen molar-refractivity contribution >= 4 is 17.5 Å². The molecule has 0 unspecified atom stereocenters. The normalized spacial score (nSPS) is 16.4. The average Bonchev–Trinajstić information content (AvgIpc) is 2.59. The zero-order valence-corrected chi connectivity index (χ0v) is 13.8. The summed E-state index contributed by atoms with van der Waals surface area (Å²) in [4.78, 5) is 23.5. The molecular formula is C18H25FN3O2. The van der Waals surface area contributed by atoms with Crippen LogP contribution in [-0.2, 0) is 9.59 Å². The Labute approximate surface area is 142 Å². The van der Waals surface area contributed by atoms with Gasteiger partial charge in [-0.05, 0) is 36.6 Å². The summed E-state index contributed by atoms with van der Waals surface area (Å²) in [6.07, 6.45) is 8.41. The summed E-state index contributed by atoms with van der Waals surface area (Å²) in [5.74, 6) is -0.652. The minimum Gasteiger partial charge on any atom is -0.382 e. The summed E-state index contributed by atoms with van der Waals surface area (Å²) in [7, 11) is 0. The number of benzene rings is 1. The predicted octanol–water partition coefficient (Wildman–Crippen LogP) is 2.38. The number of amides is 2. The molecule has 24 heavy (non-hydrogen) atoms. The maximum Gasteiger partial charge on any atom is 0.241 e. The molecule has 1 fully saturated rings. The van der Waals surface area contributed by atoms with Gasteiger partial charge in [-0.1, -0.05) is 32.1 Å². The highest BCUT2D eigenvalue weighted by Gasteiger charge is 2.20. The SMILES string of the molecule is NC(=O)[C@H](CNc1ccc(F)cc1)NC(=O)[CH]CC1CCCCC1. The van der Waals surface area contributed by atoms with Crippen LogP contribution >= 0.6 is 0 Å². The highest BCUT2D eigenvalue weighted by molar-refractivity contribution is 5.90. The first-order valence-electron chi connectivity index (χ1n) is 8.47. The second-order valence-corrected chi connectivity index (χ2v) is 6.30. The molecule has 6 heteroatoms. The fraction of sp³-hybridized carbons (Fsp3) is 0.500. The zero-order chi connectivity index (χ0) is 17.4. The Morgan fingerprint density at radius 2 is 1.88 bits per heavy atom. The predicted molar refractivity (Wildman–Crippen MR) is 91.5 cm³/mol. The third-order valence-electron chi connectivity index (χ3n) is 4.38. The van der Waals surface area contributed by atoms with E-state index in [0.29, 0.717) is 11.6 Å². The van der Waals surface area contributed by atoms with Crippen LogP contribution in [0.5, 0.6) is 0 Å². The molecule has 0 spiro atoms. The highest BCUT2D eigenvalue weighted by atomic mass is 19.1. The number of primary amides is 1. The quantitative estimate of drug-likeness (QED) is 0.682. The van der Waals surface area contributed by atoms with Crippen LogP contribution in [0.3, 0.4) is 0 Å². The van der Waals surface area contributed by atoms with Gasteiger partial charge in [-0.2, -0.15) is 0 Å². The first-order valence-corrected chi connectivity index (χ1v) is 8.47. The molecule has 2 amide bonds. The van der Waals surface area contributed by atoms with Gasteiger partial charge in [-0.3, -0.25) is 9.59 Å². The number of hydrogen-bond acceptors (Lipinski definition) is 3. The lowest BCUT2D eigenvalue weighted by molar-refractivity contribution is -0.125. The number of halogens is 1. The second kappa shape index (κ2) is 9.25. The van der Waals surface area contributed by atoms with E-state index in [1.54, 1.807) is 18.6 Å². The van der Waals surface area contributed by atoms with Crippen LogP contribution in [0.2, 0.25) is 0 Å². The van der Waals surface area contributed by atoms with Gasteiger partial charge in [0.1, 0.15) is 11.9 Å². The lowest BCUT2D eigenvalue weighted by Crippen LogP contribution is -2.48. The van der Waals surface area contributed by atoms with E-state index in [9.17, 15) is 14.0 Å². The maximum atomic E-state index is 12.9. The van der Waals surface area contributed by atoms with Gasteiger partial charge in [0.2, 0.25) is 11.8 Å². The number of nitrogens with one attached hydrogen (secondary N) is 2. The minimum atomic E-state index is -0.815. The summed E-state index contributed by atoms with van der Waals surface area (Å²) in [6, 6.07) is 4.94. The lowest BCUT2D eigenvalue weighted by Gasteiger charge is -2.21. The molecule has 0 bridgehead atoms. The summed E-state index contributed by atoms with van der Waals surface area (Å²) < 4.78 is 12.9. The molecule has 1 aromatic rings. The molecule has 0 saturated heterocycles. The fourth-order valence-electron chi connectivity index (χ4n) is 2.94. The van der Waals surface area contributed by atoms with Gasteiger partial charge in [0.15, 0.2) is 0 Å². The summed E-state index contributed by atoms with van der Waals surface area (Å²) in [6.45, 7) is 0.157. The van der Waals surface area contributed by atoms with Crippen LogP contribution in [-0.4, -0.2) is 24.4 Å². The number of hydrogen-bond donors (Lipinski definition) is 3. The van der Waals surface area contributed by atoms with E-state index in [1.165, 1.54) is 31.4 Å². The molecule has 5 nitrogen and oxygen atoms in total. The molecule has 4 N–H and O–H groups in total. The Hall–Kier alpha value is -2.11. The molecule has 1 radical (unpaired) electrons. The summed E-state index contributed by atoms with van der Waals surface area (Å²) >= 11 is 0. The molecule has 0 aliphatic heterocycles. The van der Waals surface area contributed by atoms with Crippen molar-refractivity contribution in [3.63, 3.8) is 0 Å². The van der Waals surface area contributed by atoms with E-state index >= 15 is 0 Å². The van der Waals surface area contributed by atoms with Gasteiger partial charge in [0.05, 0.1) is 0 Å². The molecule has 1 aliphatic carbocycles. The standard InChI is InChI=1S/C18H25FN3O2/c19-14-7-9-15(10-8-14)21-12-16(18(20)24)22-17(23)11-6-13-4-2-1-3-5-13/h7-11,13,16,21H,1-6,12H2,(H2,20,24)(H,22,23)/t16-/m0/s1. The largest absolute Gasteiger partial charge is 0.382 e. The zero-order valence-electron chi connectivity index (χ0n) is 13.8. The average molecular weight is 334 g/mol. The third kappa shape index (κ3) is 6.18. The summed E-state index contributed by atoms with van der Waals surface area (Å²) in [5.41, 5.74) is 6.00. The molecule has 1 aromatic carbocycles. The second-order valence-electron chi connectivity index (χ2n) is 6.30. The number of rotatable bonds is 8. The van der Waals surface area contributed by atoms with E-state index in [-0.39, 0.29) is 18.3 Å². The molecule has 2 rings (SSSR count). The third-order valence-corrected chi connectivity index (χ3v) is 4.38. The molecule has 1 saturated carbocycles. The van der Waals surface area contributed by atoms with Gasteiger partial charge in [-0.25, -0.2) is 4.39 Å². The van der Waals surface area contributed by atoms with Crippen LogP contribution in [0, 0.1) is 18.2 Å². The van der Waals surface area contributed by atoms with Gasteiger partial charge in [0, 0.05) is 18.7 Å². The van der Waals surface area contributed by atoms with Crippen molar-refractivity contribution in [1.82, 2.24) is 5.32 Å². The van der Waals surface area contributed by atoms with Crippen LogP contribution in [0.4, 0.5) is 10.1 Å². The van der Waals surface area contributed by atoms with E-state index in [2.05, 4.69) is 10.6 Å². The Balaban J connectivity index is 1.76. The lowest BCUT2D eigenvalue weighted by atomic mass is 9.86. The Bertz CT molecular complexity index is 542. The molecular weight excluding hydrogens is 309 g/mol. The maximum absolute atomic E-state index is 12.9. The highest BCUT2D eigenvalue weighted by Crippen LogP contribution is 2.26. The molecule has 1 aliphatic rings. The van der Waals surface area contributed by atoms with Gasteiger partial charge in [-0.15, -0.1) is 0 Å². The van der Waals surface area contributed by atoms with Crippen molar-refractivity contribution in [1.29, 1.82) is 0 Å². The van der Waals surface area contributed by atoms with Crippen molar-refractivity contribution in [3.8, 4) is 0 Å². The first-order chi connectivity index (χ1) is 11.5. The van der Waals surface area contributed by atoms with Crippen molar-refractivity contribution in [3.05, 3.63) is 36.5 Å². The fourth-order valence-corrected chi connectivity index (χ4v) is 2.94. The Kier molecular flexibility index (Phi) is 7.03. The molecule has 1 atom stereocenters. The van der Waals surface area contributed by atoms with Gasteiger partial charge in [0.25, 0.3) is 0 Å². The molecule has 0 heterocycles. The number of nitrogens with two attached hydrogens (primary N) is 1. The van der Waals surface area contributed by atoms with Gasteiger partial charge < -0.3 is 16.4 Å². The topological polar surface area (TPSA) is 84.2 Å². The van der Waals surface area contributed by atoms with Crippen molar-refractivity contribution in [2.75, 3.05) is 11.9 Å². The van der Waals surface area contributed by atoms with Crippen molar-refractivity contribution in [2.24, 2.45) is 11.7 Å². The van der Waals surface area contributed by atoms with Crippen molar-refractivity contribution in [2.45, 2.75) is 44.6 Å². The monoisotopic (exact) mass is 334 g/mol. The van der Waals surface area contributed by atoms with Crippen LogP contribution in [0.15, 0.2) is 24.3 Å². The minimum absolute atomic E-state index is 0.157. The number of anilines is 1. The molecule has 131 valence electrons. The summed E-state index contributed by atoms with van der Waals surface area (Å²) in [5, 5.41) is 5.60. The van der Waals surface area contributed by atoms with Crippen molar-refractivity contribution < 1.29 is 14.0 Å². The van der Waals surface area contributed by atoms with E-state index in [4.69, 9.17) is 5.73 Å². The Morgan fingerprint density at radius 1 is 1.21 bits per heavy atom. The van der Waals surface area contributed by atoms with E-state index < -0.39 is 11.9 Å². The Morgan fingerprint density at radius 3 is 2.50 bits per heavy atom. The molecule has 0 aromatic heterocycles. The first kappa shape index (κ1) is 18.2. The van der Waals surface area contributed by atoms with E-state index in [0.717, 1.165) is 19.3 Å². The van der Waals surface area contributed by atoms with Crippen LogP contribution < -0.4 is 16.4 Å².